The fraction of sp³-hybridized carbons (Fsp3) is 0.538. The minimum absolute atomic E-state index is 0.0635. The van der Waals surface area contributed by atoms with Crippen molar-refractivity contribution in [2.24, 2.45) is 5.84 Å². The number of anilines is 1. The molecule has 2 atom stereocenters. The molecule has 2 heterocycles. The van der Waals surface area contributed by atoms with Gasteiger partial charge in [0, 0.05) is 23.8 Å². The topological polar surface area (TPSA) is 71.2 Å². The molecule has 1 aromatic heterocycles. The number of hydrogen-bond donors (Lipinski definition) is 2. The fourth-order valence-electron chi connectivity index (χ4n) is 2.61. The van der Waals surface area contributed by atoms with Crippen LogP contribution in [0.15, 0.2) is 18.3 Å². The predicted octanol–water partition coefficient (Wildman–Crippen LogP) is 1.77. The van der Waals surface area contributed by atoms with Gasteiger partial charge in [-0.25, -0.2) is 10.8 Å². The average Bonchev–Trinajstić information content (AvgIpc) is 2.38. The number of rotatable bonds is 2. The van der Waals surface area contributed by atoms with E-state index >= 15 is 0 Å². The quantitative estimate of drug-likeness (QED) is 0.618. The number of nitrogens with two attached hydrogens (primary N) is 1. The van der Waals surface area contributed by atoms with Gasteiger partial charge in [0.25, 0.3) is 5.91 Å². The second-order valence-electron chi connectivity index (χ2n) is 4.92. The Kier molecular flexibility index (Phi) is 3.81. The molecule has 0 aliphatic carbocycles. The predicted molar refractivity (Wildman–Crippen MR) is 71.0 cm³/mol. The first-order chi connectivity index (χ1) is 8.63. The maximum absolute atomic E-state index is 12.5. The van der Waals surface area contributed by atoms with Gasteiger partial charge >= 0.3 is 0 Å². The van der Waals surface area contributed by atoms with Gasteiger partial charge in [0.2, 0.25) is 0 Å². The maximum atomic E-state index is 12.5. The first-order valence-electron chi connectivity index (χ1n) is 6.39. The molecule has 18 heavy (non-hydrogen) atoms. The smallest absolute Gasteiger partial charge is 0.254 e. The summed E-state index contributed by atoms with van der Waals surface area (Å²) in [6, 6.07) is 4.01. The van der Waals surface area contributed by atoms with Gasteiger partial charge in [-0.15, -0.1) is 0 Å². The highest BCUT2D eigenvalue weighted by molar-refractivity contribution is 5.95. The first kappa shape index (κ1) is 12.8. The number of nitrogen functional groups attached to an aromatic ring is 1. The largest absolute Gasteiger partial charge is 0.333 e. The Bertz CT molecular complexity index is 425. The van der Waals surface area contributed by atoms with Crippen LogP contribution in [0.5, 0.6) is 0 Å². The number of hydrogen-bond acceptors (Lipinski definition) is 4. The summed E-state index contributed by atoms with van der Waals surface area (Å²) in [5, 5.41) is 0. The second kappa shape index (κ2) is 5.35. The average molecular weight is 248 g/mol. The van der Waals surface area contributed by atoms with Gasteiger partial charge in [0.1, 0.15) is 5.82 Å². The lowest BCUT2D eigenvalue weighted by atomic mass is 9.96. The van der Waals surface area contributed by atoms with Crippen LogP contribution in [0.4, 0.5) is 5.82 Å². The zero-order valence-electron chi connectivity index (χ0n) is 10.9. The number of hydrazine groups is 1. The normalized spacial score (nSPS) is 23.8. The Morgan fingerprint density at radius 1 is 1.44 bits per heavy atom. The Hall–Kier alpha value is -1.62. The molecule has 1 aliphatic heterocycles. The van der Waals surface area contributed by atoms with E-state index < -0.39 is 0 Å². The van der Waals surface area contributed by atoms with Crippen LogP contribution in [-0.4, -0.2) is 27.9 Å². The van der Waals surface area contributed by atoms with Crippen LogP contribution in [0, 0.1) is 0 Å². The molecule has 0 saturated carbocycles. The van der Waals surface area contributed by atoms with Crippen molar-refractivity contribution >= 4 is 11.7 Å². The molecule has 1 amide bonds. The summed E-state index contributed by atoms with van der Waals surface area (Å²) in [5.41, 5.74) is 3.10. The van der Waals surface area contributed by atoms with Gasteiger partial charge in [-0.2, -0.15) is 0 Å². The monoisotopic (exact) mass is 248 g/mol. The number of carbonyl (C=O) groups excluding carboxylic acids is 1. The Morgan fingerprint density at radius 3 is 2.72 bits per heavy atom. The van der Waals surface area contributed by atoms with E-state index in [1.807, 2.05) is 4.90 Å². The van der Waals surface area contributed by atoms with E-state index in [2.05, 4.69) is 24.3 Å². The van der Waals surface area contributed by atoms with Crippen LogP contribution >= 0.6 is 0 Å². The number of carbonyl (C=O) groups is 1. The van der Waals surface area contributed by atoms with Crippen molar-refractivity contribution < 1.29 is 4.79 Å². The van der Waals surface area contributed by atoms with E-state index in [0.717, 1.165) is 12.8 Å². The highest BCUT2D eigenvalue weighted by atomic mass is 16.2. The molecule has 0 radical (unpaired) electrons. The molecule has 1 aromatic rings. The van der Waals surface area contributed by atoms with E-state index in [9.17, 15) is 4.79 Å². The molecule has 5 heteroatoms. The second-order valence-corrected chi connectivity index (χ2v) is 4.92. The summed E-state index contributed by atoms with van der Waals surface area (Å²) in [5.74, 6) is 5.89. The van der Waals surface area contributed by atoms with Crippen molar-refractivity contribution in [3.8, 4) is 0 Å². The van der Waals surface area contributed by atoms with Crippen LogP contribution in [0.3, 0.4) is 0 Å². The summed E-state index contributed by atoms with van der Waals surface area (Å²) in [6.45, 7) is 4.22. The standard InChI is InChI=1S/C13H20N4O/c1-9-4-3-5-10(2)17(9)13(18)11-6-7-15-12(8-11)16-14/h6-10H,3-5,14H2,1-2H3,(H,15,16)/t9-,10+. The maximum Gasteiger partial charge on any atom is 0.254 e. The molecule has 3 N–H and O–H groups in total. The summed E-state index contributed by atoms with van der Waals surface area (Å²) >= 11 is 0. The van der Waals surface area contributed by atoms with Crippen LogP contribution in [0.2, 0.25) is 0 Å². The summed E-state index contributed by atoms with van der Waals surface area (Å²) < 4.78 is 0. The van der Waals surface area contributed by atoms with Gasteiger partial charge in [-0.1, -0.05) is 0 Å². The first-order valence-corrected chi connectivity index (χ1v) is 6.39. The van der Waals surface area contributed by atoms with E-state index in [-0.39, 0.29) is 5.91 Å². The SMILES string of the molecule is C[C@@H]1CCC[C@H](C)N1C(=O)c1ccnc(NN)c1. The Labute approximate surface area is 107 Å². The van der Waals surface area contributed by atoms with Gasteiger partial charge < -0.3 is 10.3 Å². The van der Waals surface area contributed by atoms with E-state index in [0.29, 0.717) is 23.5 Å². The highest BCUT2D eigenvalue weighted by Crippen LogP contribution is 2.24. The Balaban J connectivity index is 2.23. The number of nitrogens with one attached hydrogen (secondary N) is 1. The van der Waals surface area contributed by atoms with Crippen molar-refractivity contribution in [1.29, 1.82) is 0 Å². The van der Waals surface area contributed by atoms with E-state index in [1.165, 1.54) is 6.42 Å². The lowest BCUT2D eigenvalue weighted by Gasteiger charge is -2.39. The molecular formula is C13H20N4O. The van der Waals surface area contributed by atoms with Gasteiger partial charge in [0.05, 0.1) is 0 Å². The lowest BCUT2D eigenvalue weighted by molar-refractivity contribution is 0.0510. The number of piperidine rings is 1. The van der Waals surface area contributed by atoms with Gasteiger partial charge in [0.15, 0.2) is 0 Å². The molecular weight excluding hydrogens is 228 g/mol. The Morgan fingerprint density at radius 2 is 2.11 bits per heavy atom. The van der Waals surface area contributed by atoms with Crippen molar-refractivity contribution in [3.05, 3.63) is 23.9 Å². The molecule has 0 bridgehead atoms. The minimum Gasteiger partial charge on any atom is -0.333 e. The highest BCUT2D eigenvalue weighted by Gasteiger charge is 2.29. The molecule has 0 spiro atoms. The van der Waals surface area contributed by atoms with Gasteiger partial charge in [-0.3, -0.25) is 4.79 Å². The van der Waals surface area contributed by atoms with Crippen LogP contribution < -0.4 is 11.3 Å². The van der Waals surface area contributed by atoms with Crippen molar-refractivity contribution in [1.82, 2.24) is 9.88 Å². The zero-order chi connectivity index (χ0) is 13.1. The number of amides is 1. The number of likely N-dealkylation sites (tertiary alicyclic amines) is 1. The van der Waals surface area contributed by atoms with Gasteiger partial charge in [-0.05, 0) is 45.2 Å². The summed E-state index contributed by atoms with van der Waals surface area (Å²) in [4.78, 5) is 18.5. The number of nitrogens with zero attached hydrogens (tertiary/aromatic N) is 2. The minimum atomic E-state index is 0.0635. The molecule has 98 valence electrons. The van der Waals surface area contributed by atoms with Crippen molar-refractivity contribution in [3.63, 3.8) is 0 Å². The van der Waals surface area contributed by atoms with E-state index in [1.54, 1.807) is 18.3 Å². The van der Waals surface area contributed by atoms with Crippen LogP contribution in [-0.2, 0) is 0 Å². The van der Waals surface area contributed by atoms with Crippen molar-refractivity contribution in [2.45, 2.75) is 45.2 Å². The molecule has 0 unspecified atom stereocenters. The third-order valence-corrected chi connectivity index (χ3v) is 3.58. The van der Waals surface area contributed by atoms with Crippen LogP contribution in [0.25, 0.3) is 0 Å². The van der Waals surface area contributed by atoms with Crippen LogP contribution in [0.1, 0.15) is 43.5 Å². The molecule has 1 saturated heterocycles. The lowest BCUT2D eigenvalue weighted by Crippen LogP contribution is -2.47. The number of aromatic nitrogens is 1. The van der Waals surface area contributed by atoms with Crippen molar-refractivity contribution in [2.75, 3.05) is 5.43 Å². The molecule has 1 aliphatic rings. The summed E-state index contributed by atoms with van der Waals surface area (Å²) in [6.07, 6.45) is 4.94. The molecule has 1 fully saturated rings. The third-order valence-electron chi connectivity index (χ3n) is 3.58. The molecule has 2 rings (SSSR count). The zero-order valence-corrected chi connectivity index (χ0v) is 10.9. The molecule has 5 nitrogen and oxygen atoms in total. The number of pyridine rings is 1. The summed E-state index contributed by atoms with van der Waals surface area (Å²) in [7, 11) is 0. The molecule has 0 aromatic carbocycles. The fourth-order valence-corrected chi connectivity index (χ4v) is 2.61. The van der Waals surface area contributed by atoms with E-state index in [4.69, 9.17) is 5.84 Å². The third kappa shape index (κ3) is 2.46.